The summed E-state index contributed by atoms with van der Waals surface area (Å²) in [7, 11) is -3.20. The van der Waals surface area contributed by atoms with Gasteiger partial charge in [-0.15, -0.1) is 0 Å². The van der Waals surface area contributed by atoms with Crippen molar-refractivity contribution >= 4 is 15.8 Å². The standard InChI is InChI=1S/C19H38N4O3S/c1-5-20-18(23-11-8-17(15-23)14-22(6-2)7-3)21-16-19(27(4,24)25)9-12-26-13-10-19/h17H,5-16H2,1-4H3,(H,20,21). The lowest BCUT2D eigenvalue weighted by Gasteiger charge is -2.34. The summed E-state index contributed by atoms with van der Waals surface area (Å²) >= 11 is 0. The van der Waals surface area contributed by atoms with Crippen molar-refractivity contribution in [3.8, 4) is 0 Å². The van der Waals surface area contributed by atoms with Crippen molar-refractivity contribution in [1.29, 1.82) is 0 Å². The first-order valence-corrected chi connectivity index (χ1v) is 12.3. The van der Waals surface area contributed by atoms with Gasteiger partial charge in [0.05, 0.1) is 11.3 Å². The van der Waals surface area contributed by atoms with Crippen LogP contribution in [-0.2, 0) is 14.6 Å². The normalized spacial score (nSPS) is 23.8. The molecule has 2 rings (SSSR count). The Bertz CT molecular complexity index is 584. The topological polar surface area (TPSA) is 74.2 Å². The van der Waals surface area contributed by atoms with E-state index in [1.54, 1.807) is 0 Å². The summed E-state index contributed by atoms with van der Waals surface area (Å²) in [5, 5.41) is 3.37. The molecule has 0 radical (unpaired) electrons. The summed E-state index contributed by atoms with van der Waals surface area (Å²) in [5.41, 5.74) is 0. The molecule has 0 aromatic heterocycles. The van der Waals surface area contributed by atoms with Crippen LogP contribution in [0, 0.1) is 5.92 Å². The molecule has 8 heteroatoms. The van der Waals surface area contributed by atoms with E-state index < -0.39 is 14.6 Å². The number of ether oxygens (including phenoxy) is 1. The van der Waals surface area contributed by atoms with Crippen molar-refractivity contribution in [2.24, 2.45) is 10.9 Å². The molecule has 2 saturated heterocycles. The van der Waals surface area contributed by atoms with Crippen LogP contribution in [0.3, 0.4) is 0 Å². The molecule has 0 aromatic rings. The largest absolute Gasteiger partial charge is 0.381 e. The third-order valence-electron chi connectivity index (χ3n) is 6.04. The van der Waals surface area contributed by atoms with Gasteiger partial charge in [0, 0.05) is 45.6 Å². The number of nitrogens with zero attached hydrogens (tertiary/aromatic N) is 3. The molecular weight excluding hydrogens is 364 g/mol. The van der Waals surface area contributed by atoms with Gasteiger partial charge in [0.15, 0.2) is 15.8 Å². The summed E-state index contributed by atoms with van der Waals surface area (Å²) in [6.45, 7) is 13.8. The van der Waals surface area contributed by atoms with Crippen molar-refractivity contribution in [2.75, 3.05) is 65.3 Å². The molecule has 1 unspecified atom stereocenters. The predicted octanol–water partition coefficient (Wildman–Crippen LogP) is 1.21. The minimum absolute atomic E-state index is 0.314. The molecule has 0 aromatic carbocycles. The predicted molar refractivity (Wildman–Crippen MR) is 111 cm³/mol. The van der Waals surface area contributed by atoms with E-state index in [1.807, 2.05) is 0 Å². The molecule has 2 heterocycles. The number of hydrogen-bond acceptors (Lipinski definition) is 5. The van der Waals surface area contributed by atoms with Crippen LogP contribution >= 0.6 is 0 Å². The van der Waals surface area contributed by atoms with Crippen molar-refractivity contribution in [1.82, 2.24) is 15.1 Å². The average molecular weight is 403 g/mol. The zero-order valence-corrected chi connectivity index (χ0v) is 18.4. The van der Waals surface area contributed by atoms with E-state index in [4.69, 9.17) is 9.73 Å². The maximum Gasteiger partial charge on any atom is 0.193 e. The van der Waals surface area contributed by atoms with Gasteiger partial charge < -0.3 is 19.9 Å². The fourth-order valence-corrected chi connectivity index (χ4v) is 5.26. The van der Waals surface area contributed by atoms with Gasteiger partial charge in [0.2, 0.25) is 0 Å². The van der Waals surface area contributed by atoms with Crippen molar-refractivity contribution < 1.29 is 13.2 Å². The zero-order chi connectivity index (χ0) is 19.9. The number of aliphatic imine (C=N–C) groups is 1. The molecule has 0 aliphatic carbocycles. The van der Waals surface area contributed by atoms with E-state index in [1.165, 1.54) is 6.26 Å². The van der Waals surface area contributed by atoms with Crippen LogP contribution in [-0.4, -0.2) is 94.2 Å². The summed E-state index contributed by atoms with van der Waals surface area (Å²) in [6, 6.07) is 0. The molecule has 0 bridgehead atoms. The molecule has 2 aliphatic rings. The molecule has 1 N–H and O–H groups in total. The second-order valence-electron chi connectivity index (χ2n) is 7.82. The molecule has 0 saturated carbocycles. The summed E-state index contributed by atoms with van der Waals surface area (Å²) in [4.78, 5) is 9.56. The van der Waals surface area contributed by atoms with Gasteiger partial charge in [-0.25, -0.2) is 8.42 Å². The SMILES string of the molecule is CCNC(=NCC1(S(C)(=O)=O)CCOCC1)N1CCC(CN(CC)CC)C1. The van der Waals surface area contributed by atoms with E-state index in [2.05, 4.69) is 35.9 Å². The number of nitrogens with one attached hydrogen (secondary N) is 1. The highest BCUT2D eigenvalue weighted by molar-refractivity contribution is 7.92. The Kier molecular flexibility index (Phi) is 8.37. The zero-order valence-electron chi connectivity index (χ0n) is 17.5. The molecule has 158 valence electrons. The summed E-state index contributed by atoms with van der Waals surface area (Å²) in [6.07, 6.45) is 3.56. The fourth-order valence-electron chi connectivity index (χ4n) is 4.06. The van der Waals surface area contributed by atoms with Gasteiger partial charge in [0.25, 0.3) is 0 Å². The lowest BCUT2D eigenvalue weighted by atomic mass is 9.99. The van der Waals surface area contributed by atoms with Crippen LogP contribution in [0.1, 0.15) is 40.0 Å². The Morgan fingerprint density at radius 1 is 1.26 bits per heavy atom. The first-order valence-electron chi connectivity index (χ1n) is 10.4. The maximum atomic E-state index is 12.5. The summed E-state index contributed by atoms with van der Waals surface area (Å²) < 4.78 is 29.6. The Hall–Kier alpha value is -0.860. The average Bonchev–Trinajstić information content (AvgIpc) is 3.11. The number of hydrogen-bond donors (Lipinski definition) is 1. The van der Waals surface area contributed by atoms with Gasteiger partial charge in [0.1, 0.15) is 0 Å². The molecule has 2 fully saturated rings. The molecule has 0 amide bonds. The highest BCUT2D eigenvalue weighted by Gasteiger charge is 2.42. The van der Waals surface area contributed by atoms with Crippen LogP contribution in [0.15, 0.2) is 4.99 Å². The molecule has 27 heavy (non-hydrogen) atoms. The Labute approximate surface area is 165 Å². The minimum Gasteiger partial charge on any atom is -0.381 e. The van der Waals surface area contributed by atoms with Crippen LogP contribution in [0.2, 0.25) is 0 Å². The molecule has 2 aliphatic heterocycles. The molecule has 0 spiro atoms. The van der Waals surface area contributed by atoms with Crippen molar-refractivity contribution in [3.63, 3.8) is 0 Å². The monoisotopic (exact) mass is 402 g/mol. The van der Waals surface area contributed by atoms with E-state index in [0.29, 0.717) is 38.5 Å². The van der Waals surface area contributed by atoms with Gasteiger partial charge in [-0.05, 0) is 45.2 Å². The maximum absolute atomic E-state index is 12.5. The van der Waals surface area contributed by atoms with Crippen molar-refractivity contribution in [2.45, 2.75) is 44.8 Å². The lowest BCUT2D eigenvalue weighted by Crippen LogP contribution is -2.48. The molecular formula is C19H38N4O3S. The number of likely N-dealkylation sites (tertiary alicyclic amines) is 1. The van der Waals surface area contributed by atoms with Crippen molar-refractivity contribution in [3.05, 3.63) is 0 Å². The first-order chi connectivity index (χ1) is 12.8. The van der Waals surface area contributed by atoms with Gasteiger partial charge in [-0.2, -0.15) is 0 Å². The van der Waals surface area contributed by atoms with Gasteiger partial charge in [-0.1, -0.05) is 13.8 Å². The third kappa shape index (κ3) is 5.81. The van der Waals surface area contributed by atoms with E-state index >= 15 is 0 Å². The van der Waals surface area contributed by atoms with Crippen LogP contribution in [0.25, 0.3) is 0 Å². The number of sulfone groups is 1. The second kappa shape index (κ2) is 10.1. The summed E-state index contributed by atoms with van der Waals surface area (Å²) in [5.74, 6) is 1.50. The molecule has 7 nitrogen and oxygen atoms in total. The highest BCUT2D eigenvalue weighted by atomic mass is 32.2. The third-order valence-corrected chi connectivity index (χ3v) is 8.15. The van der Waals surface area contributed by atoms with E-state index in [-0.39, 0.29) is 0 Å². The Morgan fingerprint density at radius 3 is 2.48 bits per heavy atom. The number of rotatable bonds is 8. The van der Waals surface area contributed by atoms with Gasteiger partial charge in [-0.3, -0.25) is 4.99 Å². The van der Waals surface area contributed by atoms with Crippen LogP contribution < -0.4 is 5.32 Å². The molecule has 1 atom stereocenters. The van der Waals surface area contributed by atoms with Crippen LogP contribution in [0.4, 0.5) is 0 Å². The fraction of sp³-hybridized carbons (Fsp3) is 0.947. The number of guanidine groups is 1. The quantitative estimate of drug-likeness (QED) is 0.486. The van der Waals surface area contributed by atoms with Gasteiger partial charge >= 0.3 is 0 Å². The second-order valence-corrected chi connectivity index (χ2v) is 10.2. The van der Waals surface area contributed by atoms with E-state index in [9.17, 15) is 8.42 Å². The minimum atomic E-state index is -3.20. The Balaban J connectivity index is 2.07. The highest BCUT2D eigenvalue weighted by Crippen LogP contribution is 2.30. The lowest BCUT2D eigenvalue weighted by molar-refractivity contribution is 0.0767. The Morgan fingerprint density at radius 2 is 1.93 bits per heavy atom. The first kappa shape index (κ1) is 22.4. The smallest absolute Gasteiger partial charge is 0.193 e. The van der Waals surface area contributed by atoms with Crippen LogP contribution in [0.5, 0.6) is 0 Å². The van der Waals surface area contributed by atoms with E-state index in [0.717, 1.165) is 51.6 Å².